The molecule has 26 heavy (non-hydrogen) atoms. The molecule has 1 aliphatic heterocycles. The molecular weight excluding hydrogens is 430 g/mol. The van der Waals surface area contributed by atoms with Crippen molar-refractivity contribution < 1.29 is 0 Å². The number of hydrogen-bond acceptors (Lipinski definition) is 3. The second kappa shape index (κ2) is 10.9. The predicted octanol–water partition coefficient (Wildman–Crippen LogP) is 6.53. The van der Waals surface area contributed by atoms with Crippen molar-refractivity contribution in [2.45, 2.75) is 16.2 Å². The second-order valence-corrected chi connectivity index (χ2v) is 8.18. The van der Waals surface area contributed by atoms with E-state index in [4.69, 9.17) is 34.8 Å². The quantitative estimate of drug-likeness (QED) is 0.421. The summed E-state index contributed by atoms with van der Waals surface area (Å²) in [4.78, 5) is 7.24. The van der Waals surface area contributed by atoms with Crippen LogP contribution in [0.2, 0.25) is 5.02 Å². The van der Waals surface area contributed by atoms with Crippen LogP contribution in [0.3, 0.4) is 0 Å². The van der Waals surface area contributed by atoms with E-state index < -0.39 is 0 Å². The highest BCUT2D eigenvalue weighted by Crippen LogP contribution is 2.48. The van der Waals surface area contributed by atoms with Gasteiger partial charge in [-0.1, -0.05) is 35.5 Å². The summed E-state index contributed by atoms with van der Waals surface area (Å²) in [6, 6.07) is 14.7. The van der Waals surface area contributed by atoms with Gasteiger partial charge in [-0.15, -0.1) is 35.6 Å². The largest absolute Gasteiger partial charge is 0.340 e. The monoisotopic (exact) mass is 450 g/mol. The van der Waals surface area contributed by atoms with Crippen molar-refractivity contribution in [2.24, 2.45) is 0 Å². The molecule has 142 valence electrons. The van der Waals surface area contributed by atoms with E-state index in [2.05, 4.69) is 46.2 Å². The number of rotatable bonds is 8. The zero-order valence-electron chi connectivity index (χ0n) is 14.3. The summed E-state index contributed by atoms with van der Waals surface area (Å²) >= 11 is 19.9. The van der Waals surface area contributed by atoms with Crippen molar-refractivity contribution in [2.75, 3.05) is 42.8 Å². The van der Waals surface area contributed by atoms with Crippen LogP contribution < -0.4 is 4.90 Å². The van der Waals surface area contributed by atoms with Gasteiger partial charge in [-0.05, 0) is 43.3 Å². The van der Waals surface area contributed by atoms with Crippen molar-refractivity contribution in [3.05, 3.63) is 47.5 Å². The second-order valence-electron chi connectivity index (χ2n) is 5.91. The predicted molar refractivity (Wildman–Crippen MR) is 119 cm³/mol. The first-order chi connectivity index (χ1) is 12.2. The minimum atomic E-state index is 0. The maximum Gasteiger partial charge on any atom is 0.0567 e. The Balaban J connectivity index is 0.00000243. The van der Waals surface area contributed by atoms with Crippen molar-refractivity contribution in [1.29, 1.82) is 0 Å². The van der Waals surface area contributed by atoms with E-state index in [1.165, 1.54) is 21.2 Å². The maximum atomic E-state index is 6.26. The number of benzene rings is 2. The summed E-state index contributed by atoms with van der Waals surface area (Å²) in [7, 11) is 0. The number of nitrogens with zero attached hydrogens (tertiary/aromatic N) is 2. The summed E-state index contributed by atoms with van der Waals surface area (Å²) in [5.74, 6) is 1.27. The van der Waals surface area contributed by atoms with Crippen LogP contribution in [0.15, 0.2) is 52.3 Å². The number of para-hydroxylation sites is 1. The lowest BCUT2D eigenvalue weighted by molar-refractivity contribution is 0.305. The van der Waals surface area contributed by atoms with Gasteiger partial charge < -0.3 is 9.80 Å². The first-order valence-electron chi connectivity index (χ1n) is 8.41. The van der Waals surface area contributed by atoms with E-state index in [0.717, 1.165) is 37.6 Å². The Morgan fingerprint density at radius 1 is 0.885 bits per heavy atom. The standard InChI is InChI=1S/C19H21Cl3N2S.ClH/c20-8-12-23(13-9-21)10-3-11-24-16-4-1-2-5-18(16)25-19-7-6-15(22)14-17(19)24;/h1-2,4-7,14H,3,8-13H2;1H. The van der Waals surface area contributed by atoms with Crippen LogP contribution in [0.1, 0.15) is 6.42 Å². The lowest BCUT2D eigenvalue weighted by Crippen LogP contribution is -2.31. The molecule has 0 amide bonds. The summed E-state index contributed by atoms with van der Waals surface area (Å²) in [6.07, 6.45) is 1.04. The molecule has 0 fully saturated rings. The molecule has 0 spiro atoms. The number of alkyl halides is 2. The van der Waals surface area contributed by atoms with Gasteiger partial charge in [0.25, 0.3) is 0 Å². The van der Waals surface area contributed by atoms with Gasteiger partial charge in [0.2, 0.25) is 0 Å². The highest BCUT2D eigenvalue weighted by atomic mass is 35.5. The summed E-state index contributed by atoms with van der Waals surface area (Å²) in [5, 5.41) is 0.773. The Hall–Kier alpha value is -0.290. The number of halogens is 4. The zero-order valence-corrected chi connectivity index (χ0v) is 18.2. The number of anilines is 2. The molecule has 0 aromatic heterocycles. The first-order valence-corrected chi connectivity index (χ1v) is 10.7. The summed E-state index contributed by atoms with van der Waals surface area (Å²) in [5.41, 5.74) is 2.45. The van der Waals surface area contributed by atoms with Gasteiger partial charge in [0.1, 0.15) is 0 Å². The van der Waals surface area contributed by atoms with Gasteiger partial charge in [0, 0.05) is 46.2 Å². The molecule has 1 heterocycles. The molecule has 0 unspecified atom stereocenters. The number of hydrogen-bond donors (Lipinski definition) is 0. The Morgan fingerprint density at radius 3 is 2.31 bits per heavy atom. The normalized spacial score (nSPS) is 12.5. The van der Waals surface area contributed by atoms with Crippen molar-refractivity contribution >= 4 is 70.3 Å². The molecule has 0 saturated carbocycles. The van der Waals surface area contributed by atoms with Crippen LogP contribution in [0, 0.1) is 0 Å². The molecule has 0 saturated heterocycles. The highest BCUT2D eigenvalue weighted by Gasteiger charge is 2.23. The molecule has 0 atom stereocenters. The average molecular weight is 452 g/mol. The van der Waals surface area contributed by atoms with Gasteiger partial charge in [-0.2, -0.15) is 0 Å². The smallest absolute Gasteiger partial charge is 0.0567 e. The first kappa shape index (κ1) is 22.0. The maximum absolute atomic E-state index is 6.26. The van der Waals surface area contributed by atoms with E-state index >= 15 is 0 Å². The molecule has 0 radical (unpaired) electrons. The lowest BCUT2D eigenvalue weighted by Gasteiger charge is -2.33. The molecule has 0 aliphatic carbocycles. The zero-order chi connectivity index (χ0) is 17.6. The molecule has 0 bridgehead atoms. The van der Waals surface area contributed by atoms with Crippen LogP contribution in [0.5, 0.6) is 0 Å². The average Bonchev–Trinajstić information content (AvgIpc) is 2.62. The van der Waals surface area contributed by atoms with E-state index in [9.17, 15) is 0 Å². The van der Waals surface area contributed by atoms with Crippen LogP contribution in [-0.2, 0) is 0 Å². The summed E-state index contributed by atoms with van der Waals surface area (Å²) < 4.78 is 0. The van der Waals surface area contributed by atoms with E-state index in [0.29, 0.717) is 11.8 Å². The fourth-order valence-electron chi connectivity index (χ4n) is 3.07. The van der Waals surface area contributed by atoms with Crippen LogP contribution in [-0.4, -0.2) is 42.8 Å². The highest BCUT2D eigenvalue weighted by molar-refractivity contribution is 7.99. The van der Waals surface area contributed by atoms with E-state index in [-0.39, 0.29) is 12.4 Å². The molecular formula is C19H22Cl4N2S. The molecule has 3 rings (SSSR count). The molecule has 2 aromatic carbocycles. The minimum Gasteiger partial charge on any atom is -0.340 e. The Kier molecular flexibility index (Phi) is 9.22. The summed E-state index contributed by atoms with van der Waals surface area (Å²) in [6.45, 7) is 3.68. The van der Waals surface area contributed by atoms with Crippen LogP contribution in [0.25, 0.3) is 0 Å². The van der Waals surface area contributed by atoms with Gasteiger partial charge in [0.05, 0.1) is 11.4 Å². The Labute approximate surface area is 181 Å². The molecule has 7 heteroatoms. The molecule has 2 nitrogen and oxygen atoms in total. The van der Waals surface area contributed by atoms with Crippen molar-refractivity contribution in [1.82, 2.24) is 4.90 Å². The minimum absolute atomic E-state index is 0. The van der Waals surface area contributed by atoms with Crippen LogP contribution >= 0.6 is 59.0 Å². The third kappa shape index (κ3) is 5.37. The van der Waals surface area contributed by atoms with Crippen molar-refractivity contribution in [3.63, 3.8) is 0 Å². The van der Waals surface area contributed by atoms with E-state index in [1.54, 1.807) is 11.8 Å². The molecule has 2 aromatic rings. The fourth-order valence-corrected chi connectivity index (χ4v) is 4.79. The van der Waals surface area contributed by atoms with Gasteiger partial charge in [0.15, 0.2) is 0 Å². The topological polar surface area (TPSA) is 6.48 Å². The SMILES string of the molecule is Cl.ClCCN(CCCl)CCCN1c2ccccc2Sc2ccc(Cl)cc21. The Morgan fingerprint density at radius 2 is 1.58 bits per heavy atom. The molecule has 0 N–H and O–H groups in total. The van der Waals surface area contributed by atoms with E-state index in [1.807, 2.05) is 6.07 Å². The Bertz CT molecular complexity index is 708. The lowest BCUT2D eigenvalue weighted by atomic mass is 10.2. The van der Waals surface area contributed by atoms with Gasteiger partial charge >= 0.3 is 0 Å². The van der Waals surface area contributed by atoms with Crippen molar-refractivity contribution in [3.8, 4) is 0 Å². The van der Waals surface area contributed by atoms with Gasteiger partial charge in [-0.3, -0.25) is 0 Å². The third-order valence-electron chi connectivity index (χ3n) is 4.25. The number of fused-ring (bicyclic) bond motifs is 2. The van der Waals surface area contributed by atoms with Gasteiger partial charge in [-0.25, -0.2) is 0 Å². The van der Waals surface area contributed by atoms with Crippen LogP contribution in [0.4, 0.5) is 11.4 Å². The molecule has 1 aliphatic rings. The third-order valence-corrected chi connectivity index (χ3v) is 5.95. The fraction of sp³-hybridized carbons (Fsp3) is 0.368.